The first-order chi connectivity index (χ1) is 55.7. The zero-order chi connectivity index (χ0) is 80.6. The van der Waals surface area contributed by atoms with Crippen LogP contribution >= 0.6 is 47.8 Å². The summed E-state index contributed by atoms with van der Waals surface area (Å²) in [6.07, 6.45) is 0. The first-order valence-corrected chi connectivity index (χ1v) is 49.9. The van der Waals surface area contributed by atoms with Gasteiger partial charge in [-0.05, 0) is 287 Å². The van der Waals surface area contributed by atoms with Crippen molar-refractivity contribution in [2.75, 3.05) is 0 Å². The van der Waals surface area contributed by atoms with Gasteiger partial charge in [0.2, 0.25) is 0 Å². The Morgan fingerprint density at radius 3 is 0.595 bits per heavy atom. The third-order valence-electron chi connectivity index (χ3n) is 24.6. The number of hydrogen-bond donors (Lipinski definition) is 0. The van der Waals surface area contributed by atoms with E-state index in [0.717, 1.165) is 13.4 Å². The van der Waals surface area contributed by atoms with Gasteiger partial charge >= 0.3 is 0 Å². The van der Waals surface area contributed by atoms with E-state index < -0.39 is 16.1 Å². The SMILES string of the molecule is CC1(C)c2ccccc2-c2ccc(-c3cc(-c4ccc(Br)cc4)cc(-c4ccc(-c5ccccc5)cc4)c3)cc21.CC1(C)c2ccccc2-c2ccc(-c3cc(-c4ccc(Br)cc4)cc(-c4ccc5c(c4)C(C)(C)c4ccccc4-5)c3)cc21.C[Si](C)(C)c1ccc(-c2cc(-c3ccc(Br)cc3)cc(-c3ccc([Si](C)(C)C)cc3)c2)cc1. The van der Waals surface area contributed by atoms with Crippen molar-refractivity contribution in [1.82, 2.24) is 0 Å². The van der Waals surface area contributed by atoms with Crippen molar-refractivity contribution in [3.8, 4) is 145 Å². The third kappa shape index (κ3) is 15.4. The predicted octanol–water partition coefficient (Wildman–Crippen LogP) is 32.0. The molecule has 3 aliphatic carbocycles. The lowest BCUT2D eigenvalue weighted by Crippen LogP contribution is -2.37. The van der Waals surface area contributed by atoms with Crippen LogP contribution < -0.4 is 10.4 Å². The van der Waals surface area contributed by atoms with Crippen LogP contribution in [0.25, 0.3) is 145 Å². The third-order valence-corrected chi connectivity index (χ3v) is 30.3. The van der Waals surface area contributed by atoms with E-state index in [4.69, 9.17) is 0 Å². The van der Waals surface area contributed by atoms with Crippen LogP contribution in [-0.4, -0.2) is 16.1 Å². The molecule has 0 radical (unpaired) electrons. The first kappa shape index (κ1) is 77.9. The number of fused-ring (bicyclic) bond motifs is 9. The Balaban J connectivity index is 0.000000126. The topological polar surface area (TPSA) is 0 Å². The van der Waals surface area contributed by atoms with E-state index in [1.807, 2.05) is 0 Å². The molecule has 5 heteroatoms. The molecule has 0 N–H and O–H groups in total. The summed E-state index contributed by atoms with van der Waals surface area (Å²) in [6.45, 7) is 28.5. The minimum atomic E-state index is -1.31. The molecule has 568 valence electrons. The molecule has 0 aliphatic heterocycles. The predicted molar refractivity (Wildman–Crippen MR) is 515 cm³/mol. The van der Waals surface area contributed by atoms with Crippen molar-refractivity contribution in [2.45, 2.75) is 97.1 Å². The lowest BCUT2D eigenvalue weighted by atomic mass is 9.81. The maximum Gasteiger partial charge on any atom is 0.0775 e. The average molecular weight is 1720 g/mol. The van der Waals surface area contributed by atoms with E-state index in [9.17, 15) is 0 Å². The zero-order valence-electron chi connectivity index (χ0n) is 68.2. The van der Waals surface area contributed by atoms with Crippen LogP contribution in [0.4, 0.5) is 0 Å². The van der Waals surface area contributed by atoms with Gasteiger partial charge in [-0.3, -0.25) is 0 Å². The number of halogens is 3. The summed E-state index contributed by atoms with van der Waals surface area (Å²) in [4.78, 5) is 0. The van der Waals surface area contributed by atoms with Crippen molar-refractivity contribution in [3.63, 3.8) is 0 Å². The first-order valence-electron chi connectivity index (χ1n) is 40.5. The van der Waals surface area contributed by atoms with Crippen LogP contribution in [0.2, 0.25) is 39.3 Å². The molecule has 16 aromatic carbocycles. The summed E-state index contributed by atoms with van der Waals surface area (Å²) >= 11 is 10.8. The molecule has 116 heavy (non-hydrogen) atoms. The molecule has 0 amide bonds. The molecule has 0 bridgehead atoms. The van der Waals surface area contributed by atoms with Crippen LogP contribution in [0.5, 0.6) is 0 Å². The summed E-state index contributed by atoms with van der Waals surface area (Å²) in [5, 5.41) is 3.00. The highest BCUT2D eigenvalue weighted by Crippen LogP contribution is 2.54. The maximum atomic E-state index is 3.62. The van der Waals surface area contributed by atoms with E-state index in [1.54, 1.807) is 0 Å². The van der Waals surface area contributed by atoms with Gasteiger partial charge in [-0.1, -0.05) is 388 Å². The highest BCUT2D eigenvalue weighted by atomic mass is 79.9. The van der Waals surface area contributed by atoms with Crippen molar-refractivity contribution >= 4 is 74.3 Å². The Bertz CT molecular complexity index is 6190. The second-order valence-corrected chi connectivity index (χ2v) is 48.2. The summed E-state index contributed by atoms with van der Waals surface area (Å²) < 4.78 is 3.28. The molecule has 19 rings (SSSR count). The van der Waals surface area contributed by atoms with Gasteiger partial charge < -0.3 is 0 Å². The fourth-order valence-electron chi connectivity index (χ4n) is 17.8. The van der Waals surface area contributed by atoms with Crippen LogP contribution in [0.1, 0.15) is 74.9 Å². The Hall–Kier alpha value is -10.6. The Labute approximate surface area is 714 Å². The summed E-state index contributed by atoms with van der Waals surface area (Å²) in [5.74, 6) is 0. The van der Waals surface area contributed by atoms with Crippen LogP contribution in [0, 0.1) is 0 Å². The van der Waals surface area contributed by atoms with Crippen molar-refractivity contribution in [2.24, 2.45) is 0 Å². The Kier molecular flexibility index (Phi) is 20.9. The van der Waals surface area contributed by atoms with Crippen molar-refractivity contribution < 1.29 is 0 Å². The van der Waals surface area contributed by atoms with E-state index in [-0.39, 0.29) is 16.2 Å². The number of rotatable bonds is 12. The lowest BCUT2D eigenvalue weighted by Gasteiger charge is -2.22. The van der Waals surface area contributed by atoms with E-state index in [2.05, 4.69) is 487 Å². The minimum absolute atomic E-state index is 0.0264. The molecule has 16 aromatic rings. The fourth-order valence-corrected chi connectivity index (χ4v) is 20.9. The van der Waals surface area contributed by atoms with Gasteiger partial charge in [-0.25, -0.2) is 0 Å². The van der Waals surface area contributed by atoms with Gasteiger partial charge in [0.05, 0.1) is 16.1 Å². The number of hydrogen-bond acceptors (Lipinski definition) is 0. The summed E-state index contributed by atoms with van der Waals surface area (Å²) in [7, 11) is -2.62. The highest BCUT2D eigenvalue weighted by molar-refractivity contribution is 9.11. The van der Waals surface area contributed by atoms with Crippen LogP contribution in [0.3, 0.4) is 0 Å². The van der Waals surface area contributed by atoms with Gasteiger partial charge in [0, 0.05) is 29.7 Å². The molecule has 3 aliphatic rings. The molecule has 0 nitrogen and oxygen atoms in total. The summed E-state index contributed by atoms with van der Waals surface area (Å²) in [5.41, 5.74) is 41.3. The lowest BCUT2D eigenvalue weighted by molar-refractivity contribution is 0.660. The molecule has 0 heterocycles. The molecular formula is C111H95Br3Si2. The Morgan fingerprint density at radius 1 is 0.164 bits per heavy atom. The smallest absolute Gasteiger partial charge is 0.0656 e. The normalized spacial score (nSPS) is 13.5. The fraction of sp³-hybridized carbons (Fsp3) is 0.135. The van der Waals surface area contributed by atoms with Crippen LogP contribution in [-0.2, 0) is 16.2 Å². The van der Waals surface area contributed by atoms with Gasteiger partial charge in [0.25, 0.3) is 0 Å². The second kappa shape index (κ2) is 31.1. The van der Waals surface area contributed by atoms with E-state index in [0.29, 0.717) is 0 Å². The van der Waals surface area contributed by atoms with Gasteiger partial charge in [0.15, 0.2) is 0 Å². The van der Waals surface area contributed by atoms with Crippen LogP contribution in [0.15, 0.2) is 371 Å². The minimum Gasteiger partial charge on any atom is -0.0656 e. The summed E-state index contributed by atoms with van der Waals surface area (Å²) in [6, 6.07) is 133. The zero-order valence-corrected chi connectivity index (χ0v) is 75.0. The second-order valence-electron chi connectivity index (χ2n) is 35.3. The molecule has 0 unspecified atom stereocenters. The van der Waals surface area contributed by atoms with Crippen molar-refractivity contribution in [1.29, 1.82) is 0 Å². The molecule has 0 spiro atoms. The van der Waals surface area contributed by atoms with Crippen molar-refractivity contribution in [3.05, 3.63) is 405 Å². The van der Waals surface area contributed by atoms with Gasteiger partial charge in [-0.15, -0.1) is 0 Å². The molecular weight excluding hydrogens is 1630 g/mol. The largest absolute Gasteiger partial charge is 0.0775 e. The van der Waals surface area contributed by atoms with Gasteiger partial charge in [0.1, 0.15) is 0 Å². The van der Waals surface area contributed by atoms with E-state index in [1.165, 1.54) is 188 Å². The molecule has 0 fully saturated rings. The number of benzene rings is 16. The standard InChI is InChI=1S/C42H33Br.C39H29Br.C30H33BrSi2/c1-41(2)37-11-7-5-9-33(37)35-19-15-27(24-39(35)41)30-21-29(26-13-17-32(43)18-14-26)22-31(23-30)28-16-20-36-34-10-6-8-12-38(34)42(3,4)40(36)25-28;1-39(2)37-11-7-6-10-35(37)36-21-18-30(25-38(36)39)33-23-31(22-32(24-33)29-16-19-34(40)20-17-29)28-14-12-27(13-15-28)26-8-4-3-5-9-26;1-32(2,3)29-15-9-23(10-16-29)26-19-25(22-7-13-28(31)14-8-22)20-27(21-26)24-11-17-30(18-12-24)33(4,5)6/h5-25H,1-4H3;3-25H,1-2H3;7-21H,1-6H3. The maximum absolute atomic E-state index is 3.62. The Morgan fingerprint density at radius 2 is 0.345 bits per heavy atom. The monoisotopic (exact) mass is 1720 g/mol. The quantitative estimate of drug-likeness (QED) is 0.107. The molecule has 0 saturated carbocycles. The molecule has 0 aromatic heterocycles. The highest BCUT2D eigenvalue weighted by Gasteiger charge is 2.38. The van der Waals surface area contributed by atoms with Gasteiger partial charge in [-0.2, -0.15) is 0 Å². The molecule has 0 atom stereocenters. The molecule has 0 saturated heterocycles. The average Bonchev–Trinajstić information content (AvgIpc) is 1.55. The van der Waals surface area contributed by atoms with E-state index >= 15 is 0 Å².